The van der Waals surface area contributed by atoms with Gasteiger partial charge in [-0.1, -0.05) is 41.9 Å². The molecule has 6 nitrogen and oxygen atoms in total. The molecule has 0 spiro atoms. The van der Waals surface area contributed by atoms with Crippen LogP contribution in [0.5, 0.6) is 0 Å². The lowest BCUT2D eigenvalue weighted by Gasteiger charge is -2.07. The van der Waals surface area contributed by atoms with Crippen LogP contribution in [-0.4, -0.2) is 30.5 Å². The average Bonchev–Trinajstić information content (AvgIpc) is 2.77. The maximum atomic E-state index is 12.1. The van der Waals surface area contributed by atoms with Crippen molar-refractivity contribution in [3.05, 3.63) is 47.1 Å². The average molecular weight is 314 g/mol. The van der Waals surface area contributed by atoms with Crippen molar-refractivity contribution in [1.29, 1.82) is 0 Å². The normalized spacial score (nSPS) is 11.5. The molecule has 106 valence electrons. The van der Waals surface area contributed by atoms with Crippen LogP contribution in [0.2, 0.25) is 5.02 Å². The summed E-state index contributed by atoms with van der Waals surface area (Å²) >= 11 is 5.77. The number of aryl methyl sites for hydroxylation is 1. The zero-order valence-electron chi connectivity index (χ0n) is 10.6. The van der Waals surface area contributed by atoms with E-state index in [1.54, 1.807) is 30.3 Å². The Kier molecular flexibility index (Phi) is 4.22. The molecule has 2 rings (SSSR count). The third kappa shape index (κ3) is 3.06. The number of nitrogens with one attached hydrogen (secondary N) is 1. The van der Waals surface area contributed by atoms with Gasteiger partial charge in [-0.15, -0.1) is 0 Å². The van der Waals surface area contributed by atoms with Crippen molar-refractivity contribution >= 4 is 27.4 Å². The van der Waals surface area contributed by atoms with Crippen LogP contribution in [0.4, 0.5) is 0 Å². The zero-order chi connectivity index (χ0) is 14.8. The topological polar surface area (TPSA) is 81.1 Å². The van der Waals surface area contributed by atoms with Gasteiger partial charge >= 0.3 is 0 Å². The number of carbonyl (C=O) groups is 1. The molecule has 0 saturated heterocycles. The summed E-state index contributed by atoms with van der Waals surface area (Å²) in [7, 11) is -2.43. The third-order valence-corrected chi connectivity index (χ3v) is 4.52. The number of rotatable bonds is 5. The van der Waals surface area contributed by atoms with Gasteiger partial charge in [0.2, 0.25) is 0 Å². The molecule has 0 bridgehead atoms. The van der Waals surface area contributed by atoms with Crippen LogP contribution in [0.25, 0.3) is 0 Å². The van der Waals surface area contributed by atoms with E-state index in [1.165, 1.54) is 13.2 Å². The van der Waals surface area contributed by atoms with Crippen LogP contribution in [0.15, 0.2) is 41.6 Å². The highest BCUT2D eigenvalue weighted by atomic mass is 35.5. The van der Waals surface area contributed by atoms with Gasteiger partial charge in [0.1, 0.15) is 0 Å². The Bertz CT molecular complexity index is 706. The summed E-state index contributed by atoms with van der Waals surface area (Å²) in [4.78, 5) is 11.8. The first-order valence-corrected chi connectivity index (χ1v) is 7.53. The lowest BCUT2D eigenvalue weighted by molar-refractivity contribution is 0.0997. The first-order chi connectivity index (χ1) is 9.42. The van der Waals surface area contributed by atoms with Gasteiger partial charge in [0, 0.05) is 12.6 Å². The summed E-state index contributed by atoms with van der Waals surface area (Å²) in [6, 6.07) is 8.43. The maximum absolute atomic E-state index is 12.1. The number of hydrogen-bond acceptors (Lipinski definition) is 4. The number of carbonyl (C=O) groups excluding carboxylic acids is 1. The lowest BCUT2D eigenvalue weighted by Crippen LogP contribution is -2.31. The molecule has 1 N–H and O–H groups in total. The fourth-order valence-corrected chi connectivity index (χ4v) is 3.29. The van der Waals surface area contributed by atoms with Crippen LogP contribution in [-0.2, 0) is 17.1 Å². The SMILES string of the molecule is Cn1ncc(Cl)c1S(=O)(=O)NCC(=O)c1ccccc1. The quantitative estimate of drug-likeness (QED) is 0.842. The predicted molar refractivity (Wildman–Crippen MR) is 74.2 cm³/mol. The number of halogens is 1. The Morgan fingerprint density at radius 2 is 2.00 bits per heavy atom. The molecule has 0 aliphatic heterocycles. The standard InChI is InChI=1S/C12H12ClN3O3S/c1-16-12(10(13)7-14-16)20(18,19)15-8-11(17)9-5-3-2-4-6-9/h2-7,15H,8H2,1H3. The summed E-state index contributed by atoms with van der Waals surface area (Å²) in [5, 5.41) is 3.59. The van der Waals surface area contributed by atoms with Gasteiger partial charge in [-0.2, -0.15) is 5.10 Å². The molecule has 0 aliphatic rings. The molecule has 0 atom stereocenters. The van der Waals surface area contributed by atoms with Crippen molar-refractivity contribution in [3.8, 4) is 0 Å². The molecular weight excluding hydrogens is 302 g/mol. The van der Waals surface area contributed by atoms with E-state index in [0.717, 1.165) is 4.68 Å². The van der Waals surface area contributed by atoms with Crippen LogP contribution in [0.3, 0.4) is 0 Å². The van der Waals surface area contributed by atoms with Gasteiger partial charge in [-0.3, -0.25) is 9.48 Å². The van der Waals surface area contributed by atoms with Crippen molar-refractivity contribution in [3.63, 3.8) is 0 Å². The molecule has 0 unspecified atom stereocenters. The number of hydrogen-bond donors (Lipinski definition) is 1. The summed E-state index contributed by atoms with van der Waals surface area (Å²) in [6.45, 7) is -0.339. The van der Waals surface area contributed by atoms with Crippen LogP contribution >= 0.6 is 11.6 Å². The Balaban J connectivity index is 2.13. The fourth-order valence-electron chi connectivity index (χ4n) is 1.66. The third-order valence-electron chi connectivity index (χ3n) is 2.62. The first-order valence-electron chi connectivity index (χ1n) is 5.67. The van der Waals surface area contributed by atoms with Gasteiger partial charge in [-0.05, 0) is 0 Å². The van der Waals surface area contributed by atoms with Crippen molar-refractivity contribution < 1.29 is 13.2 Å². The van der Waals surface area contributed by atoms with E-state index in [1.807, 2.05) is 0 Å². The van der Waals surface area contributed by atoms with Gasteiger partial charge in [-0.25, -0.2) is 13.1 Å². The molecule has 0 fully saturated rings. The van der Waals surface area contributed by atoms with E-state index in [9.17, 15) is 13.2 Å². The number of benzene rings is 1. The second kappa shape index (κ2) is 5.74. The molecule has 0 saturated carbocycles. The molecule has 8 heteroatoms. The number of nitrogens with zero attached hydrogens (tertiary/aromatic N) is 2. The highest BCUT2D eigenvalue weighted by Crippen LogP contribution is 2.19. The lowest BCUT2D eigenvalue weighted by atomic mass is 10.1. The van der Waals surface area contributed by atoms with Crippen LogP contribution < -0.4 is 4.72 Å². The minimum absolute atomic E-state index is 0.00663. The molecule has 1 aromatic carbocycles. The Morgan fingerprint density at radius 1 is 1.35 bits per heavy atom. The molecule has 0 amide bonds. The summed E-state index contributed by atoms with van der Waals surface area (Å²) in [5.41, 5.74) is 0.436. The highest BCUT2D eigenvalue weighted by Gasteiger charge is 2.23. The second-order valence-electron chi connectivity index (χ2n) is 4.04. The van der Waals surface area contributed by atoms with Crippen molar-refractivity contribution in [2.75, 3.05) is 6.54 Å². The first kappa shape index (κ1) is 14.7. The van der Waals surface area contributed by atoms with E-state index >= 15 is 0 Å². The number of ketones is 1. The van der Waals surface area contributed by atoms with E-state index in [-0.39, 0.29) is 22.4 Å². The Hall–Kier alpha value is -1.70. The molecule has 0 aliphatic carbocycles. The predicted octanol–water partition coefficient (Wildman–Crippen LogP) is 1.23. The smallest absolute Gasteiger partial charge is 0.259 e. The second-order valence-corrected chi connectivity index (χ2v) is 6.12. The summed E-state index contributed by atoms with van der Waals surface area (Å²) in [6.07, 6.45) is 1.23. The van der Waals surface area contributed by atoms with E-state index < -0.39 is 10.0 Å². The largest absolute Gasteiger partial charge is 0.293 e. The molecule has 1 heterocycles. The van der Waals surface area contributed by atoms with Crippen molar-refractivity contribution in [2.45, 2.75) is 5.03 Å². The van der Waals surface area contributed by atoms with Gasteiger partial charge in [0.15, 0.2) is 10.8 Å². The number of aromatic nitrogens is 2. The highest BCUT2D eigenvalue weighted by molar-refractivity contribution is 7.89. The number of Topliss-reactive ketones (excluding diaryl/α,β-unsaturated/α-hetero) is 1. The van der Waals surface area contributed by atoms with Crippen LogP contribution in [0, 0.1) is 0 Å². The molecular formula is C12H12ClN3O3S. The van der Waals surface area contributed by atoms with Gasteiger partial charge < -0.3 is 0 Å². The van der Waals surface area contributed by atoms with Crippen molar-refractivity contribution in [2.24, 2.45) is 7.05 Å². The molecule has 20 heavy (non-hydrogen) atoms. The zero-order valence-corrected chi connectivity index (χ0v) is 12.1. The Morgan fingerprint density at radius 3 is 2.55 bits per heavy atom. The van der Waals surface area contributed by atoms with Gasteiger partial charge in [0.05, 0.1) is 17.8 Å². The van der Waals surface area contributed by atoms with Crippen LogP contribution in [0.1, 0.15) is 10.4 Å². The Labute approximate surface area is 121 Å². The van der Waals surface area contributed by atoms with E-state index in [4.69, 9.17) is 11.6 Å². The minimum Gasteiger partial charge on any atom is -0.293 e. The summed E-state index contributed by atoms with van der Waals surface area (Å²) < 4.78 is 27.5. The van der Waals surface area contributed by atoms with E-state index in [0.29, 0.717) is 5.56 Å². The molecule has 0 radical (unpaired) electrons. The monoisotopic (exact) mass is 313 g/mol. The maximum Gasteiger partial charge on any atom is 0.259 e. The van der Waals surface area contributed by atoms with Gasteiger partial charge in [0.25, 0.3) is 10.0 Å². The molecule has 1 aromatic heterocycles. The number of sulfonamides is 1. The minimum atomic E-state index is -3.88. The molecule has 2 aromatic rings. The summed E-state index contributed by atoms with van der Waals surface area (Å²) in [5.74, 6) is -0.326. The fraction of sp³-hybridized carbons (Fsp3) is 0.167. The van der Waals surface area contributed by atoms with Crippen molar-refractivity contribution in [1.82, 2.24) is 14.5 Å². The van der Waals surface area contributed by atoms with E-state index in [2.05, 4.69) is 9.82 Å².